The molecule has 0 amide bonds. The van der Waals surface area contributed by atoms with Crippen LogP contribution in [0.1, 0.15) is 0 Å². The Kier molecular flexibility index (Phi) is 2.90. The summed E-state index contributed by atoms with van der Waals surface area (Å²) in [6.07, 6.45) is 3.53. The number of hydrogen-bond acceptors (Lipinski definition) is 3. The molecule has 2 aromatic carbocycles. The molecule has 25 heavy (non-hydrogen) atoms. The van der Waals surface area contributed by atoms with Gasteiger partial charge in [0, 0.05) is 17.1 Å². The minimum absolute atomic E-state index is 0.274. The Bertz CT molecular complexity index is 1200. The van der Waals surface area contributed by atoms with Crippen molar-refractivity contribution in [3.8, 4) is 17.2 Å². The van der Waals surface area contributed by atoms with Crippen molar-refractivity contribution in [2.24, 2.45) is 0 Å². The molecule has 0 radical (unpaired) electrons. The summed E-state index contributed by atoms with van der Waals surface area (Å²) in [6, 6.07) is 16.0. The van der Waals surface area contributed by atoms with Crippen LogP contribution < -0.4 is 0 Å². The maximum absolute atomic E-state index is 13.3. The van der Waals surface area contributed by atoms with Gasteiger partial charge >= 0.3 is 0 Å². The predicted octanol–water partition coefficient (Wildman–Crippen LogP) is 4.10. The van der Waals surface area contributed by atoms with E-state index in [2.05, 4.69) is 15.0 Å². The lowest BCUT2D eigenvalue weighted by Gasteiger charge is -2.08. The van der Waals surface area contributed by atoms with Gasteiger partial charge in [0.2, 0.25) is 5.95 Å². The first-order valence-electron chi connectivity index (χ1n) is 7.83. The van der Waals surface area contributed by atoms with Gasteiger partial charge in [-0.3, -0.25) is 4.57 Å². The van der Waals surface area contributed by atoms with Crippen molar-refractivity contribution in [2.45, 2.75) is 0 Å². The number of rotatable bonds is 2. The zero-order valence-corrected chi connectivity index (χ0v) is 13.0. The number of nitrogens with zero attached hydrogens (tertiary/aromatic N) is 4. The Morgan fingerprint density at radius 3 is 2.64 bits per heavy atom. The van der Waals surface area contributed by atoms with E-state index in [0.717, 1.165) is 33.3 Å². The topological polar surface area (TPSA) is 59.4 Å². The fourth-order valence-corrected chi connectivity index (χ4v) is 2.98. The molecule has 0 atom stereocenters. The average Bonchev–Trinajstić information content (AvgIpc) is 3.28. The second-order valence-electron chi connectivity index (χ2n) is 5.72. The van der Waals surface area contributed by atoms with Gasteiger partial charge in [-0.15, -0.1) is 0 Å². The monoisotopic (exact) mass is 329 g/mol. The Balaban J connectivity index is 1.79. The first-order chi connectivity index (χ1) is 12.3. The van der Waals surface area contributed by atoms with E-state index in [0.29, 0.717) is 5.95 Å². The number of aromatic nitrogens is 5. The van der Waals surface area contributed by atoms with Gasteiger partial charge in [-0.2, -0.15) is 4.98 Å². The van der Waals surface area contributed by atoms with Crippen molar-refractivity contribution >= 4 is 22.1 Å². The molecule has 120 valence electrons. The summed E-state index contributed by atoms with van der Waals surface area (Å²) >= 11 is 0. The van der Waals surface area contributed by atoms with E-state index in [1.54, 1.807) is 18.5 Å². The molecule has 0 fully saturated rings. The zero-order chi connectivity index (χ0) is 16.8. The van der Waals surface area contributed by atoms with Crippen LogP contribution in [0, 0.1) is 5.82 Å². The van der Waals surface area contributed by atoms with Gasteiger partial charge in [0.15, 0.2) is 0 Å². The number of imidazole rings is 1. The summed E-state index contributed by atoms with van der Waals surface area (Å²) in [4.78, 5) is 16.9. The highest BCUT2D eigenvalue weighted by Crippen LogP contribution is 2.27. The normalized spacial score (nSPS) is 11.4. The number of H-pyrrole nitrogens is 1. The van der Waals surface area contributed by atoms with Crippen molar-refractivity contribution in [3.05, 3.63) is 72.9 Å². The molecule has 0 aliphatic rings. The second-order valence-corrected chi connectivity index (χ2v) is 5.72. The van der Waals surface area contributed by atoms with E-state index in [1.165, 1.54) is 12.1 Å². The molecule has 0 bridgehead atoms. The minimum atomic E-state index is -0.274. The summed E-state index contributed by atoms with van der Waals surface area (Å²) in [5.74, 6) is 0.243. The summed E-state index contributed by atoms with van der Waals surface area (Å²) in [5, 5.41) is 0.889. The molecule has 5 nitrogen and oxygen atoms in total. The molecular weight excluding hydrogens is 317 g/mol. The van der Waals surface area contributed by atoms with Crippen LogP contribution in [-0.4, -0.2) is 24.5 Å². The molecular formula is C19H12FN5. The summed E-state index contributed by atoms with van der Waals surface area (Å²) < 4.78 is 15.1. The Labute approximate surface area is 141 Å². The van der Waals surface area contributed by atoms with E-state index in [4.69, 9.17) is 4.98 Å². The highest BCUT2D eigenvalue weighted by atomic mass is 19.1. The number of fused-ring (bicyclic) bond motifs is 2. The molecule has 5 rings (SSSR count). The maximum Gasteiger partial charge on any atom is 0.238 e. The van der Waals surface area contributed by atoms with Gasteiger partial charge in [0.05, 0.1) is 16.7 Å². The van der Waals surface area contributed by atoms with Gasteiger partial charge in [0.1, 0.15) is 17.8 Å². The highest BCUT2D eigenvalue weighted by molar-refractivity contribution is 5.91. The smallest absolute Gasteiger partial charge is 0.238 e. The molecule has 0 aliphatic heterocycles. The lowest BCUT2D eigenvalue weighted by atomic mass is 10.1. The van der Waals surface area contributed by atoms with Gasteiger partial charge in [0.25, 0.3) is 0 Å². The highest BCUT2D eigenvalue weighted by Gasteiger charge is 2.13. The number of nitrogens with one attached hydrogen (secondary N) is 1. The maximum atomic E-state index is 13.3. The van der Waals surface area contributed by atoms with Crippen LogP contribution in [0.5, 0.6) is 0 Å². The van der Waals surface area contributed by atoms with Crippen LogP contribution in [-0.2, 0) is 0 Å². The van der Waals surface area contributed by atoms with E-state index >= 15 is 0 Å². The van der Waals surface area contributed by atoms with Crippen LogP contribution in [0.25, 0.3) is 39.3 Å². The first-order valence-corrected chi connectivity index (χ1v) is 7.83. The van der Waals surface area contributed by atoms with Crippen LogP contribution in [0.2, 0.25) is 0 Å². The van der Waals surface area contributed by atoms with E-state index in [-0.39, 0.29) is 5.82 Å². The lowest BCUT2D eigenvalue weighted by Crippen LogP contribution is -2.02. The Hall–Kier alpha value is -3.54. The number of para-hydroxylation sites is 2. The van der Waals surface area contributed by atoms with Crippen molar-refractivity contribution < 1.29 is 4.39 Å². The van der Waals surface area contributed by atoms with Crippen LogP contribution in [0.4, 0.5) is 4.39 Å². The molecule has 3 heterocycles. The number of halogens is 1. The largest absolute Gasteiger partial charge is 0.346 e. The number of aromatic amines is 1. The first kappa shape index (κ1) is 13.9. The van der Waals surface area contributed by atoms with Gasteiger partial charge in [-0.1, -0.05) is 12.1 Å². The summed E-state index contributed by atoms with van der Waals surface area (Å²) in [6.45, 7) is 0. The molecule has 3 aromatic heterocycles. The van der Waals surface area contributed by atoms with Gasteiger partial charge in [-0.05, 0) is 42.5 Å². The summed E-state index contributed by atoms with van der Waals surface area (Å²) in [5.41, 5.74) is 4.11. The molecule has 0 unspecified atom stereocenters. The SMILES string of the molecule is Fc1ccc(-c2nc(-n3cnc4ccccc43)nc3[nH]ccc23)cc1. The average molecular weight is 329 g/mol. The molecule has 5 aromatic rings. The molecule has 0 saturated heterocycles. The lowest BCUT2D eigenvalue weighted by molar-refractivity contribution is 0.628. The van der Waals surface area contributed by atoms with Crippen LogP contribution >= 0.6 is 0 Å². The molecule has 0 spiro atoms. The van der Waals surface area contributed by atoms with Crippen molar-refractivity contribution in [1.29, 1.82) is 0 Å². The number of benzene rings is 2. The fourth-order valence-electron chi connectivity index (χ4n) is 2.98. The van der Waals surface area contributed by atoms with Crippen LogP contribution in [0.3, 0.4) is 0 Å². The Morgan fingerprint density at radius 1 is 0.920 bits per heavy atom. The van der Waals surface area contributed by atoms with Crippen molar-refractivity contribution in [2.75, 3.05) is 0 Å². The quantitative estimate of drug-likeness (QED) is 0.530. The molecule has 0 aliphatic carbocycles. The van der Waals surface area contributed by atoms with Crippen LogP contribution in [0.15, 0.2) is 67.1 Å². The van der Waals surface area contributed by atoms with Crippen molar-refractivity contribution in [1.82, 2.24) is 24.5 Å². The van der Waals surface area contributed by atoms with E-state index < -0.39 is 0 Å². The standard InChI is InChI=1S/C19H12FN5/c20-13-7-5-12(6-8-13)17-14-9-10-21-18(14)24-19(23-17)25-11-22-15-3-1-2-4-16(15)25/h1-11H,(H,21,23,24). The number of hydrogen-bond donors (Lipinski definition) is 1. The molecule has 6 heteroatoms. The third-order valence-electron chi connectivity index (χ3n) is 4.19. The zero-order valence-electron chi connectivity index (χ0n) is 13.0. The minimum Gasteiger partial charge on any atom is -0.346 e. The molecule has 1 N–H and O–H groups in total. The Morgan fingerprint density at radius 2 is 1.76 bits per heavy atom. The predicted molar refractivity (Wildman–Crippen MR) is 93.9 cm³/mol. The third-order valence-corrected chi connectivity index (χ3v) is 4.19. The molecule has 0 saturated carbocycles. The second kappa shape index (κ2) is 5.24. The fraction of sp³-hybridized carbons (Fsp3) is 0. The van der Waals surface area contributed by atoms with Crippen molar-refractivity contribution in [3.63, 3.8) is 0 Å². The van der Waals surface area contributed by atoms with Gasteiger partial charge < -0.3 is 4.98 Å². The third kappa shape index (κ3) is 2.19. The van der Waals surface area contributed by atoms with E-state index in [1.807, 2.05) is 41.1 Å². The summed E-state index contributed by atoms with van der Waals surface area (Å²) in [7, 11) is 0. The van der Waals surface area contributed by atoms with Gasteiger partial charge in [-0.25, -0.2) is 14.4 Å². The van der Waals surface area contributed by atoms with E-state index in [9.17, 15) is 4.39 Å².